The predicted molar refractivity (Wildman–Crippen MR) is 110 cm³/mol. The first-order valence-electron chi connectivity index (χ1n) is 10.2. The number of carbonyl (C=O) groups is 2. The second kappa shape index (κ2) is 10.5. The van der Waals surface area contributed by atoms with Crippen LogP contribution < -0.4 is 0 Å². The molecule has 1 amide bonds. The molecule has 27 heavy (non-hydrogen) atoms. The average Bonchev–Trinajstić information content (AvgIpc) is 2.89. The quantitative estimate of drug-likeness (QED) is 0.706. The van der Waals surface area contributed by atoms with Gasteiger partial charge in [0, 0.05) is 16.1 Å². The maximum absolute atomic E-state index is 12.3. The zero-order valence-electron chi connectivity index (χ0n) is 17.7. The van der Waals surface area contributed by atoms with Gasteiger partial charge in [-0.3, -0.25) is 4.79 Å². The van der Waals surface area contributed by atoms with Crippen LogP contribution >= 0.6 is 11.8 Å². The molecule has 0 aliphatic carbocycles. The molecule has 0 saturated carbocycles. The lowest BCUT2D eigenvalue weighted by Gasteiger charge is -2.46. The number of aliphatic hydroxyl groups excluding tert-OH is 1. The SMILES string of the molecule is CC.CC.CC(O)C1C(=O)N2C(C(=O)O)=C(SC3CCN(C)CC3)C(C)C12. The highest BCUT2D eigenvalue weighted by Crippen LogP contribution is 2.51. The molecule has 3 aliphatic rings. The Hall–Kier alpha value is -1.05. The standard InChI is InChI=1S/C16H24N2O4S.2C2H6/c1-8-12-11(9(2)19)15(20)18(12)13(16(21)22)14(8)23-10-4-6-17(3)7-5-10;2*1-2/h8-12,19H,4-7H2,1-3H3,(H,21,22);2*1-2H3. The molecule has 6 nitrogen and oxygen atoms in total. The fourth-order valence-corrected chi connectivity index (χ4v) is 5.42. The fraction of sp³-hybridized carbons (Fsp3) is 0.800. The summed E-state index contributed by atoms with van der Waals surface area (Å²) in [6, 6.07) is -0.206. The average molecular weight is 401 g/mol. The number of fused-ring (bicyclic) bond motifs is 1. The fourth-order valence-electron chi connectivity index (χ4n) is 3.96. The van der Waals surface area contributed by atoms with Crippen molar-refractivity contribution in [2.24, 2.45) is 11.8 Å². The lowest BCUT2D eigenvalue weighted by atomic mass is 9.79. The Morgan fingerprint density at radius 1 is 1.19 bits per heavy atom. The summed E-state index contributed by atoms with van der Waals surface area (Å²) in [5, 5.41) is 19.8. The summed E-state index contributed by atoms with van der Waals surface area (Å²) in [6.07, 6.45) is 1.32. The van der Waals surface area contributed by atoms with Crippen molar-refractivity contribution < 1.29 is 19.8 Å². The van der Waals surface area contributed by atoms with Gasteiger partial charge >= 0.3 is 5.97 Å². The Morgan fingerprint density at radius 2 is 1.70 bits per heavy atom. The highest BCUT2D eigenvalue weighted by atomic mass is 32.2. The van der Waals surface area contributed by atoms with Crippen LogP contribution in [0.2, 0.25) is 0 Å². The van der Waals surface area contributed by atoms with Crippen molar-refractivity contribution in [3.8, 4) is 0 Å². The first-order valence-corrected chi connectivity index (χ1v) is 11.0. The summed E-state index contributed by atoms with van der Waals surface area (Å²) < 4.78 is 0. The number of carbonyl (C=O) groups excluding carboxylic acids is 1. The van der Waals surface area contributed by atoms with Crippen LogP contribution in [0.25, 0.3) is 0 Å². The summed E-state index contributed by atoms with van der Waals surface area (Å²) in [4.78, 5) is 28.5. The van der Waals surface area contributed by atoms with Crippen molar-refractivity contribution >= 4 is 23.6 Å². The van der Waals surface area contributed by atoms with Crippen LogP contribution in [0.5, 0.6) is 0 Å². The first-order chi connectivity index (χ1) is 12.8. The summed E-state index contributed by atoms with van der Waals surface area (Å²) in [6.45, 7) is 13.6. The summed E-state index contributed by atoms with van der Waals surface area (Å²) in [5.74, 6) is -1.79. The van der Waals surface area contributed by atoms with Crippen LogP contribution in [0.3, 0.4) is 0 Å². The van der Waals surface area contributed by atoms with Crippen LogP contribution in [0, 0.1) is 11.8 Å². The number of aliphatic hydroxyl groups is 1. The molecule has 3 heterocycles. The third kappa shape index (κ3) is 4.69. The van der Waals surface area contributed by atoms with Gasteiger partial charge in [-0.25, -0.2) is 4.79 Å². The van der Waals surface area contributed by atoms with Crippen LogP contribution in [0.15, 0.2) is 10.6 Å². The number of aliphatic carboxylic acids is 1. The second-order valence-electron chi connectivity index (χ2n) is 6.89. The number of carboxylic acids is 1. The van der Waals surface area contributed by atoms with E-state index in [9.17, 15) is 19.8 Å². The molecule has 0 spiro atoms. The third-order valence-electron chi connectivity index (χ3n) is 5.27. The topological polar surface area (TPSA) is 81.1 Å². The summed E-state index contributed by atoms with van der Waals surface area (Å²) in [7, 11) is 2.10. The van der Waals surface area contributed by atoms with Crippen LogP contribution in [-0.4, -0.2) is 69.4 Å². The van der Waals surface area contributed by atoms with Crippen molar-refractivity contribution in [3.05, 3.63) is 10.6 Å². The van der Waals surface area contributed by atoms with Gasteiger partial charge < -0.3 is 20.0 Å². The van der Waals surface area contributed by atoms with Crippen LogP contribution in [-0.2, 0) is 9.59 Å². The molecule has 3 rings (SSSR count). The Balaban J connectivity index is 0.000000855. The Morgan fingerprint density at radius 3 is 2.15 bits per heavy atom. The minimum atomic E-state index is -1.04. The molecular formula is C20H36N2O4S. The van der Waals surface area contributed by atoms with Crippen molar-refractivity contribution in [1.29, 1.82) is 0 Å². The summed E-state index contributed by atoms with van der Waals surface area (Å²) >= 11 is 1.63. The van der Waals surface area contributed by atoms with Crippen molar-refractivity contribution in [1.82, 2.24) is 9.80 Å². The number of hydrogen-bond donors (Lipinski definition) is 2. The Labute approximate surface area is 168 Å². The number of amides is 1. The summed E-state index contributed by atoms with van der Waals surface area (Å²) in [5.41, 5.74) is 0.147. The van der Waals surface area contributed by atoms with E-state index in [1.807, 2.05) is 34.6 Å². The van der Waals surface area contributed by atoms with Gasteiger partial charge in [-0.15, -0.1) is 11.8 Å². The van der Waals surface area contributed by atoms with E-state index in [2.05, 4.69) is 11.9 Å². The first kappa shape index (κ1) is 24.0. The maximum Gasteiger partial charge on any atom is 0.353 e. The number of nitrogens with zero attached hydrogens (tertiary/aromatic N) is 2. The molecule has 4 atom stereocenters. The van der Waals surface area contributed by atoms with Crippen LogP contribution in [0.1, 0.15) is 54.4 Å². The molecule has 0 radical (unpaired) electrons. The third-order valence-corrected chi connectivity index (χ3v) is 6.89. The smallest absolute Gasteiger partial charge is 0.353 e. The van der Waals surface area contributed by atoms with E-state index in [1.54, 1.807) is 18.7 Å². The molecule has 0 aromatic rings. The van der Waals surface area contributed by atoms with E-state index in [0.29, 0.717) is 5.25 Å². The number of thioether (sulfide) groups is 1. The minimum absolute atomic E-state index is 0.0249. The monoisotopic (exact) mass is 400 g/mol. The van der Waals surface area contributed by atoms with Gasteiger partial charge in [-0.1, -0.05) is 34.6 Å². The highest BCUT2D eigenvalue weighted by molar-refractivity contribution is 8.03. The van der Waals surface area contributed by atoms with Gasteiger partial charge in [0.05, 0.1) is 18.1 Å². The largest absolute Gasteiger partial charge is 0.477 e. The number of carboxylic acid groups (broad SMARTS) is 1. The zero-order valence-corrected chi connectivity index (χ0v) is 18.5. The zero-order chi connectivity index (χ0) is 20.9. The van der Waals surface area contributed by atoms with Crippen molar-refractivity contribution in [2.45, 2.75) is 71.8 Å². The van der Waals surface area contributed by atoms with Gasteiger partial charge in [0.25, 0.3) is 0 Å². The molecule has 2 N–H and O–H groups in total. The number of hydrogen-bond acceptors (Lipinski definition) is 5. The number of piperidine rings is 1. The molecule has 2 saturated heterocycles. The van der Waals surface area contributed by atoms with Crippen molar-refractivity contribution in [2.75, 3.05) is 20.1 Å². The normalized spacial score (nSPS) is 29.1. The molecular weight excluding hydrogens is 364 g/mol. The number of likely N-dealkylation sites (tertiary alicyclic amines) is 1. The number of β-lactam (4-membered cyclic amide) rings is 1. The molecule has 156 valence electrons. The van der Waals surface area contributed by atoms with E-state index < -0.39 is 18.0 Å². The second-order valence-corrected chi connectivity index (χ2v) is 8.23. The molecule has 4 unspecified atom stereocenters. The maximum atomic E-state index is 12.3. The van der Waals surface area contributed by atoms with Gasteiger partial charge in [-0.05, 0) is 39.9 Å². The van der Waals surface area contributed by atoms with Crippen molar-refractivity contribution in [3.63, 3.8) is 0 Å². The lowest BCUT2D eigenvalue weighted by molar-refractivity contribution is -0.163. The molecule has 0 bridgehead atoms. The predicted octanol–water partition coefficient (Wildman–Crippen LogP) is 3.02. The van der Waals surface area contributed by atoms with Gasteiger partial charge in [0.2, 0.25) is 5.91 Å². The van der Waals surface area contributed by atoms with E-state index in [-0.39, 0.29) is 23.6 Å². The number of rotatable bonds is 4. The van der Waals surface area contributed by atoms with Gasteiger partial charge in [0.1, 0.15) is 5.70 Å². The van der Waals surface area contributed by atoms with E-state index in [0.717, 1.165) is 30.8 Å². The molecule has 0 aromatic carbocycles. The highest BCUT2D eigenvalue weighted by Gasteiger charge is 2.60. The van der Waals surface area contributed by atoms with E-state index in [4.69, 9.17) is 0 Å². The minimum Gasteiger partial charge on any atom is -0.477 e. The van der Waals surface area contributed by atoms with Gasteiger partial charge in [0.15, 0.2) is 0 Å². The molecule has 0 aromatic heterocycles. The Kier molecular flexibility index (Phi) is 9.31. The molecule has 2 fully saturated rings. The lowest BCUT2D eigenvalue weighted by Crippen LogP contribution is -2.63. The Bertz CT molecular complexity index is 556. The molecule has 3 aliphatic heterocycles. The van der Waals surface area contributed by atoms with E-state index >= 15 is 0 Å². The molecule has 7 heteroatoms. The van der Waals surface area contributed by atoms with E-state index in [1.165, 1.54) is 4.90 Å². The van der Waals surface area contributed by atoms with Gasteiger partial charge in [-0.2, -0.15) is 0 Å². The van der Waals surface area contributed by atoms with Crippen LogP contribution in [0.4, 0.5) is 0 Å².